The second-order valence-corrected chi connectivity index (χ2v) is 3.72. The van der Waals surface area contributed by atoms with Gasteiger partial charge in [0, 0.05) is 18.9 Å². The predicted octanol–water partition coefficient (Wildman–Crippen LogP) is 1.73. The molecular weight excluding hydrogens is 218 g/mol. The summed E-state index contributed by atoms with van der Waals surface area (Å²) in [6.07, 6.45) is 1.88. The average Bonchev–Trinajstić information content (AvgIpc) is 2.73. The van der Waals surface area contributed by atoms with Crippen molar-refractivity contribution < 1.29 is 9.90 Å². The molecular formula is C12H13N3O2. The molecule has 1 aromatic carbocycles. The SMILES string of the molecule is Cn1ccc(CNc2ccc(C(=O)O)cc2)n1. The molecule has 5 heteroatoms. The average molecular weight is 231 g/mol. The van der Waals surface area contributed by atoms with Gasteiger partial charge in [-0.05, 0) is 30.3 Å². The van der Waals surface area contributed by atoms with Crippen LogP contribution in [0.15, 0.2) is 36.5 Å². The third kappa shape index (κ3) is 2.84. The number of aromatic nitrogens is 2. The number of carboxylic acids is 1. The van der Waals surface area contributed by atoms with Gasteiger partial charge in [-0.3, -0.25) is 4.68 Å². The van der Waals surface area contributed by atoms with Gasteiger partial charge in [0.2, 0.25) is 0 Å². The molecule has 0 fully saturated rings. The first-order valence-corrected chi connectivity index (χ1v) is 5.21. The topological polar surface area (TPSA) is 67.2 Å². The summed E-state index contributed by atoms with van der Waals surface area (Å²) >= 11 is 0. The van der Waals surface area contributed by atoms with Crippen molar-refractivity contribution in [3.8, 4) is 0 Å². The molecule has 0 atom stereocenters. The molecule has 0 aliphatic heterocycles. The van der Waals surface area contributed by atoms with Crippen molar-refractivity contribution in [2.45, 2.75) is 6.54 Å². The molecule has 0 unspecified atom stereocenters. The highest BCUT2D eigenvalue weighted by Gasteiger charge is 2.02. The van der Waals surface area contributed by atoms with E-state index in [1.54, 1.807) is 28.9 Å². The number of benzene rings is 1. The Morgan fingerprint density at radius 3 is 2.59 bits per heavy atom. The van der Waals surface area contributed by atoms with Gasteiger partial charge >= 0.3 is 5.97 Å². The molecule has 0 spiro atoms. The Morgan fingerprint density at radius 1 is 1.35 bits per heavy atom. The number of aromatic carboxylic acids is 1. The normalized spacial score (nSPS) is 10.2. The van der Waals surface area contributed by atoms with Crippen LogP contribution in [0.2, 0.25) is 0 Å². The summed E-state index contributed by atoms with van der Waals surface area (Å²) in [5.41, 5.74) is 2.10. The zero-order chi connectivity index (χ0) is 12.3. The fourth-order valence-electron chi connectivity index (χ4n) is 1.48. The molecule has 88 valence electrons. The Balaban J connectivity index is 1.97. The van der Waals surface area contributed by atoms with Crippen LogP contribution in [0.4, 0.5) is 5.69 Å². The Morgan fingerprint density at radius 2 is 2.06 bits per heavy atom. The molecule has 2 N–H and O–H groups in total. The smallest absolute Gasteiger partial charge is 0.335 e. The van der Waals surface area contributed by atoms with Gasteiger partial charge in [-0.15, -0.1) is 0 Å². The van der Waals surface area contributed by atoms with E-state index in [1.165, 1.54) is 0 Å². The largest absolute Gasteiger partial charge is 0.478 e. The van der Waals surface area contributed by atoms with Crippen molar-refractivity contribution in [2.75, 3.05) is 5.32 Å². The molecule has 0 aliphatic carbocycles. The summed E-state index contributed by atoms with van der Waals surface area (Å²) < 4.78 is 1.74. The Kier molecular flexibility index (Phi) is 3.09. The van der Waals surface area contributed by atoms with Crippen molar-refractivity contribution in [1.29, 1.82) is 0 Å². The van der Waals surface area contributed by atoms with Crippen LogP contribution in [0.3, 0.4) is 0 Å². The van der Waals surface area contributed by atoms with E-state index in [0.717, 1.165) is 11.4 Å². The van der Waals surface area contributed by atoms with Crippen molar-refractivity contribution in [3.63, 3.8) is 0 Å². The third-order valence-electron chi connectivity index (χ3n) is 2.37. The van der Waals surface area contributed by atoms with E-state index in [-0.39, 0.29) is 5.56 Å². The summed E-state index contributed by atoms with van der Waals surface area (Å²) in [6, 6.07) is 8.56. The van der Waals surface area contributed by atoms with Crippen LogP contribution < -0.4 is 5.32 Å². The molecule has 2 aromatic rings. The minimum atomic E-state index is -0.915. The molecule has 5 nitrogen and oxygen atoms in total. The molecule has 1 aromatic heterocycles. The van der Waals surface area contributed by atoms with Crippen LogP contribution in [0.25, 0.3) is 0 Å². The standard InChI is InChI=1S/C12H13N3O2/c1-15-7-6-11(14-15)8-13-10-4-2-9(3-5-10)12(16)17/h2-7,13H,8H2,1H3,(H,16,17). The number of nitrogens with one attached hydrogen (secondary N) is 1. The molecule has 0 aliphatic rings. The number of rotatable bonds is 4. The highest BCUT2D eigenvalue weighted by Crippen LogP contribution is 2.10. The molecule has 0 amide bonds. The van der Waals surface area contributed by atoms with Crippen molar-refractivity contribution in [1.82, 2.24) is 9.78 Å². The van der Waals surface area contributed by atoms with E-state index in [9.17, 15) is 4.79 Å². The number of hydrogen-bond donors (Lipinski definition) is 2. The number of carbonyl (C=O) groups is 1. The summed E-state index contributed by atoms with van der Waals surface area (Å²) in [6.45, 7) is 0.618. The first-order chi connectivity index (χ1) is 8.15. The second kappa shape index (κ2) is 4.69. The monoisotopic (exact) mass is 231 g/mol. The summed E-state index contributed by atoms with van der Waals surface area (Å²) in [5, 5.41) is 16.2. The number of anilines is 1. The zero-order valence-electron chi connectivity index (χ0n) is 9.42. The molecule has 17 heavy (non-hydrogen) atoms. The lowest BCUT2D eigenvalue weighted by atomic mass is 10.2. The van der Waals surface area contributed by atoms with Crippen molar-refractivity contribution in [2.24, 2.45) is 7.05 Å². The van der Waals surface area contributed by atoms with Crippen LogP contribution in [0.1, 0.15) is 16.1 Å². The number of nitrogens with zero attached hydrogens (tertiary/aromatic N) is 2. The van der Waals surface area contributed by atoms with Gasteiger partial charge in [-0.25, -0.2) is 4.79 Å². The first kappa shape index (κ1) is 11.2. The molecule has 2 rings (SSSR count). The molecule has 0 saturated heterocycles. The van der Waals surface area contributed by atoms with Crippen LogP contribution >= 0.6 is 0 Å². The van der Waals surface area contributed by atoms with Gasteiger partial charge in [-0.2, -0.15) is 5.10 Å². The highest BCUT2D eigenvalue weighted by molar-refractivity contribution is 5.87. The Bertz CT molecular complexity index is 517. The fraction of sp³-hybridized carbons (Fsp3) is 0.167. The van der Waals surface area contributed by atoms with Gasteiger partial charge in [0.25, 0.3) is 0 Å². The number of hydrogen-bond acceptors (Lipinski definition) is 3. The minimum absolute atomic E-state index is 0.286. The van der Waals surface area contributed by atoms with E-state index in [0.29, 0.717) is 6.54 Å². The zero-order valence-corrected chi connectivity index (χ0v) is 9.42. The van der Waals surface area contributed by atoms with Crippen LogP contribution in [0, 0.1) is 0 Å². The number of aryl methyl sites for hydroxylation is 1. The maximum atomic E-state index is 10.7. The first-order valence-electron chi connectivity index (χ1n) is 5.21. The van der Waals surface area contributed by atoms with Gasteiger partial charge < -0.3 is 10.4 Å². The number of carboxylic acid groups (broad SMARTS) is 1. The minimum Gasteiger partial charge on any atom is -0.478 e. The van der Waals surface area contributed by atoms with Gasteiger partial charge in [-0.1, -0.05) is 0 Å². The maximum absolute atomic E-state index is 10.7. The summed E-state index contributed by atoms with van der Waals surface area (Å²) in [4.78, 5) is 10.7. The fourth-order valence-corrected chi connectivity index (χ4v) is 1.48. The summed E-state index contributed by atoms with van der Waals surface area (Å²) in [7, 11) is 1.87. The molecule has 1 heterocycles. The lowest BCUT2D eigenvalue weighted by Gasteiger charge is -2.04. The molecule has 0 bridgehead atoms. The quantitative estimate of drug-likeness (QED) is 0.841. The van der Waals surface area contributed by atoms with Crippen LogP contribution in [-0.2, 0) is 13.6 Å². The maximum Gasteiger partial charge on any atom is 0.335 e. The molecule has 0 radical (unpaired) electrons. The van der Waals surface area contributed by atoms with E-state index in [4.69, 9.17) is 5.11 Å². The van der Waals surface area contributed by atoms with E-state index in [1.807, 2.05) is 19.3 Å². The lowest BCUT2D eigenvalue weighted by molar-refractivity contribution is 0.0697. The summed E-state index contributed by atoms with van der Waals surface area (Å²) in [5.74, 6) is -0.915. The Hall–Kier alpha value is -2.30. The van der Waals surface area contributed by atoms with E-state index >= 15 is 0 Å². The van der Waals surface area contributed by atoms with Gasteiger partial charge in [0.1, 0.15) is 0 Å². The van der Waals surface area contributed by atoms with Crippen molar-refractivity contribution >= 4 is 11.7 Å². The van der Waals surface area contributed by atoms with Crippen LogP contribution in [0.5, 0.6) is 0 Å². The lowest BCUT2D eigenvalue weighted by Crippen LogP contribution is -2.02. The van der Waals surface area contributed by atoms with Gasteiger partial charge in [0.15, 0.2) is 0 Å². The third-order valence-corrected chi connectivity index (χ3v) is 2.37. The van der Waals surface area contributed by atoms with Gasteiger partial charge in [0.05, 0.1) is 17.8 Å². The molecule has 0 saturated carbocycles. The van der Waals surface area contributed by atoms with Crippen LogP contribution in [-0.4, -0.2) is 20.9 Å². The van der Waals surface area contributed by atoms with E-state index in [2.05, 4.69) is 10.4 Å². The van der Waals surface area contributed by atoms with E-state index < -0.39 is 5.97 Å². The second-order valence-electron chi connectivity index (χ2n) is 3.72. The Labute approximate surface area is 98.7 Å². The van der Waals surface area contributed by atoms with Crippen molar-refractivity contribution in [3.05, 3.63) is 47.8 Å². The highest BCUT2D eigenvalue weighted by atomic mass is 16.4. The predicted molar refractivity (Wildman–Crippen MR) is 63.9 cm³/mol.